The molecule has 2 atom stereocenters. The SMILES string of the molecule is COC(C(C)C)C(NN)c1cccc2ccsc12. The molecule has 0 aliphatic carbocycles. The highest BCUT2D eigenvalue weighted by Crippen LogP contribution is 2.32. The molecule has 0 radical (unpaired) electrons. The molecule has 0 spiro atoms. The van der Waals surface area contributed by atoms with Gasteiger partial charge in [0.05, 0.1) is 12.1 Å². The van der Waals surface area contributed by atoms with E-state index in [1.165, 1.54) is 15.6 Å². The lowest BCUT2D eigenvalue weighted by Gasteiger charge is -2.29. The van der Waals surface area contributed by atoms with Crippen molar-refractivity contribution in [1.29, 1.82) is 0 Å². The minimum absolute atomic E-state index is 0.0114. The predicted molar refractivity (Wildman–Crippen MR) is 77.5 cm³/mol. The average Bonchev–Trinajstić information content (AvgIpc) is 2.83. The van der Waals surface area contributed by atoms with Crippen molar-refractivity contribution in [2.75, 3.05) is 7.11 Å². The number of fused-ring (bicyclic) bond motifs is 1. The lowest BCUT2D eigenvalue weighted by atomic mass is 9.93. The van der Waals surface area contributed by atoms with E-state index in [2.05, 4.69) is 48.9 Å². The molecule has 0 fully saturated rings. The van der Waals surface area contributed by atoms with E-state index in [1.807, 2.05) is 0 Å². The predicted octanol–water partition coefficient (Wildman–Crippen LogP) is 3.08. The van der Waals surface area contributed by atoms with Gasteiger partial charge in [-0.05, 0) is 28.3 Å². The normalized spacial score (nSPS) is 15.2. The van der Waals surface area contributed by atoms with Gasteiger partial charge in [0, 0.05) is 11.8 Å². The molecule has 4 heteroatoms. The van der Waals surface area contributed by atoms with E-state index in [0.717, 1.165) is 0 Å². The largest absolute Gasteiger partial charge is 0.379 e. The first-order chi connectivity index (χ1) is 8.69. The smallest absolute Gasteiger partial charge is 0.0802 e. The molecular formula is C14H20N2OS. The summed E-state index contributed by atoms with van der Waals surface area (Å²) in [6.45, 7) is 4.29. The van der Waals surface area contributed by atoms with Crippen LogP contribution in [0.15, 0.2) is 29.6 Å². The first kappa shape index (κ1) is 13.5. The van der Waals surface area contributed by atoms with Crippen molar-refractivity contribution in [2.24, 2.45) is 11.8 Å². The molecule has 1 aromatic heterocycles. The zero-order valence-corrected chi connectivity index (χ0v) is 11.8. The van der Waals surface area contributed by atoms with Gasteiger partial charge < -0.3 is 4.74 Å². The lowest BCUT2D eigenvalue weighted by molar-refractivity contribution is 0.0331. The summed E-state index contributed by atoms with van der Waals surface area (Å²) in [5.41, 5.74) is 4.13. The molecule has 0 amide bonds. The van der Waals surface area contributed by atoms with Crippen LogP contribution in [0, 0.1) is 5.92 Å². The van der Waals surface area contributed by atoms with E-state index in [-0.39, 0.29) is 12.1 Å². The van der Waals surface area contributed by atoms with Crippen LogP contribution in [0.4, 0.5) is 0 Å². The molecule has 1 heterocycles. The Morgan fingerprint density at radius 2 is 2.06 bits per heavy atom. The first-order valence-corrected chi connectivity index (χ1v) is 7.02. The second kappa shape index (κ2) is 5.80. The van der Waals surface area contributed by atoms with E-state index in [1.54, 1.807) is 18.4 Å². The van der Waals surface area contributed by atoms with E-state index >= 15 is 0 Å². The second-order valence-corrected chi connectivity index (χ2v) is 5.69. The van der Waals surface area contributed by atoms with E-state index in [4.69, 9.17) is 10.6 Å². The van der Waals surface area contributed by atoms with Crippen LogP contribution in [0.25, 0.3) is 10.1 Å². The third-order valence-corrected chi connectivity index (χ3v) is 4.26. The summed E-state index contributed by atoms with van der Waals surface area (Å²) in [7, 11) is 1.74. The number of thiophene rings is 1. The number of methoxy groups -OCH3 is 1. The summed E-state index contributed by atoms with van der Waals surface area (Å²) in [5, 5.41) is 3.37. The fourth-order valence-corrected chi connectivity index (χ4v) is 3.37. The van der Waals surface area contributed by atoms with Crippen molar-refractivity contribution < 1.29 is 4.74 Å². The quantitative estimate of drug-likeness (QED) is 0.644. The van der Waals surface area contributed by atoms with Crippen molar-refractivity contribution in [3.8, 4) is 0 Å². The Labute approximate surface area is 112 Å². The Balaban J connectivity index is 2.46. The van der Waals surface area contributed by atoms with Crippen LogP contribution in [-0.4, -0.2) is 13.2 Å². The fraction of sp³-hybridized carbons (Fsp3) is 0.429. The Morgan fingerprint density at radius 1 is 1.28 bits per heavy atom. The number of nitrogens with two attached hydrogens (primary N) is 1. The molecule has 0 aliphatic rings. The molecule has 0 saturated heterocycles. The summed E-state index contributed by atoms with van der Waals surface area (Å²) in [4.78, 5) is 0. The third kappa shape index (κ3) is 2.42. The molecule has 98 valence electrons. The Bertz CT molecular complexity index is 509. The number of hydrogen-bond acceptors (Lipinski definition) is 4. The molecule has 3 N–H and O–H groups in total. The van der Waals surface area contributed by atoms with Gasteiger partial charge >= 0.3 is 0 Å². The number of rotatable bonds is 5. The zero-order valence-electron chi connectivity index (χ0n) is 11.0. The van der Waals surface area contributed by atoms with Crippen molar-refractivity contribution in [2.45, 2.75) is 26.0 Å². The summed E-state index contributed by atoms with van der Waals surface area (Å²) in [6.07, 6.45) is 0.0581. The maximum atomic E-state index is 5.75. The first-order valence-electron chi connectivity index (χ1n) is 6.14. The van der Waals surface area contributed by atoms with Crippen LogP contribution < -0.4 is 11.3 Å². The molecule has 2 unspecified atom stereocenters. The van der Waals surface area contributed by atoms with Crippen molar-refractivity contribution >= 4 is 21.4 Å². The molecular weight excluding hydrogens is 244 g/mol. The molecule has 0 saturated carbocycles. The summed E-state index contributed by atoms with van der Waals surface area (Å²) in [5.74, 6) is 6.15. The molecule has 0 bridgehead atoms. The Kier molecular flexibility index (Phi) is 4.35. The number of ether oxygens (including phenoxy) is 1. The average molecular weight is 264 g/mol. The van der Waals surface area contributed by atoms with Crippen LogP contribution in [0.2, 0.25) is 0 Å². The lowest BCUT2D eigenvalue weighted by Crippen LogP contribution is -2.40. The number of nitrogens with one attached hydrogen (secondary N) is 1. The summed E-state index contributed by atoms with van der Waals surface area (Å²) in [6, 6.07) is 8.46. The minimum atomic E-state index is 0.0114. The van der Waals surface area contributed by atoms with Crippen LogP contribution >= 0.6 is 11.3 Å². The van der Waals surface area contributed by atoms with Gasteiger partial charge in [-0.3, -0.25) is 11.3 Å². The van der Waals surface area contributed by atoms with Gasteiger partial charge in [0.15, 0.2) is 0 Å². The van der Waals surface area contributed by atoms with Crippen LogP contribution in [0.1, 0.15) is 25.5 Å². The highest BCUT2D eigenvalue weighted by Gasteiger charge is 2.26. The molecule has 3 nitrogen and oxygen atoms in total. The second-order valence-electron chi connectivity index (χ2n) is 4.77. The molecule has 2 rings (SSSR count). The van der Waals surface area contributed by atoms with Crippen molar-refractivity contribution in [3.05, 3.63) is 35.2 Å². The molecule has 0 aliphatic heterocycles. The topological polar surface area (TPSA) is 47.3 Å². The number of hydrazine groups is 1. The summed E-state index contributed by atoms with van der Waals surface area (Å²) >= 11 is 1.75. The maximum absolute atomic E-state index is 5.75. The van der Waals surface area contributed by atoms with Gasteiger partial charge in [-0.1, -0.05) is 32.0 Å². The van der Waals surface area contributed by atoms with Gasteiger partial charge in [-0.2, -0.15) is 0 Å². The number of hydrogen-bond donors (Lipinski definition) is 2. The molecule has 18 heavy (non-hydrogen) atoms. The molecule has 2 aromatic rings. The minimum Gasteiger partial charge on any atom is -0.379 e. The van der Waals surface area contributed by atoms with Gasteiger partial charge in [-0.15, -0.1) is 11.3 Å². The van der Waals surface area contributed by atoms with Gasteiger partial charge in [0.2, 0.25) is 0 Å². The standard InChI is InChI=1S/C14H20N2OS/c1-9(2)13(17-3)12(16-15)11-6-4-5-10-7-8-18-14(10)11/h4-9,12-13,16H,15H2,1-3H3. The van der Waals surface area contributed by atoms with Gasteiger partial charge in [0.25, 0.3) is 0 Å². The van der Waals surface area contributed by atoms with E-state index in [9.17, 15) is 0 Å². The Hall–Kier alpha value is -0.940. The van der Waals surface area contributed by atoms with Crippen LogP contribution in [0.3, 0.4) is 0 Å². The maximum Gasteiger partial charge on any atom is 0.0802 e. The summed E-state index contributed by atoms with van der Waals surface area (Å²) < 4.78 is 6.89. The highest BCUT2D eigenvalue weighted by atomic mass is 32.1. The Morgan fingerprint density at radius 3 is 2.67 bits per heavy atom. The highest BCUT2D eigenvalue weighted by molar-refractivity contribution is 7.17. The van der Waals surface area contributed by atoms with E-state index in [0.29, 0.717) is 5.92 Å². The van der Waals surface area contributed by atoms with Gasteiger partial charge in [0.1, 0.15) is 0 Å². The van der Waals surface area contributed by atoms with Crippen LogP contribution in [-0.2, 0) is 4.74 Å². The third-order valence-electron chi connectivity index (χ3n) is 3.28. The van der Waals surface area contributed by atoms with Crippen molar-refractivity contribution in [3.63, 3.8) is 0 Å². The molecule has 1 aromatic carbocycles. The monoisotopic (exact) mass is 264 g/mol. The van der Waals surface area contributed by atoms with Crippen molar-refractivity contribution in [1.82, 2.24) is 5.43 Å². The van der Waals surface area contributed by atoms with E-state index < -0.39 is 0 Å². The van der Waals surface area contributed by atoms with Crippen LogP contribution in [0.5, 0.6) is 0 Å². The fourth-order valence-electron chi connectivity index (χ4n) is 2.42. The van der Waals surface area contributed by atoms with Gasteiger partial charge in [-0.25, -0.2) is 0 Å². The zero-order chi connectivity index (χ0) is 13.1. The number of benzene rings is 1.